The number of nitrogens with two attached hydrogens (primary N) is 1. The zero-order chi connectivity index (χ0) is 24.9. The average molecular weight is 523 g/mol. The van der Waals surface area contributed by atoms with Gasteiger partial charge >= 0.3 is 12.1 Å². The number of anilines is 1. The average Bonchev–Trinajstić information content (AvgIpc) is 3.21. The predicted molar refractivity (Wildman–Crippen MR) is 112 cm³/mol. The van der Waals surface area contributed by atoms with Gasteiger partial charge in [0.15, 0.2) is 9.84 Å². The molecule has 4 rings (SSSR count). The Hall–Kier alpha value is -2.77. The molecule has 14 heteroatoms. The third kappa shape index (κ3) is 4.59. The second kappa shape index (κ2) is 8.47. The first-order chi connectivity index (χ1) is 15.8. The Morgan fingerprint density at radius 3 is 2.41 bits per heavy atom. The molecule has 0 fully saturated rings. The molecule has 0 spiro atoms. The molecule has 7 nitrogen and oxygen atoms in total. The molecule has 0 bridgehead atoms. The van der Waals surface area contributed by atoms with Crippen LogP contribution in [0.25, 0.3) is 11.5 Å². The van der Waals surface area contributed by atoms with Crippen molar-refractivity contribution in [1.82, 2.24) is 10.2 Å². The van der Waals surface area contributed by atoms with E-state index in [-0.39, 0.29) is 35.0 Å². The smallest absolute Gasteiger partial charge is 0.415 e. The topological polar surface area (TPSA) is 102 Å². The standard InChI is InChI=1S/C20H16ClF5N4O3S/c21-13-4-1-11(2-5-13)8-30-9-14(27)10-34(31,32)16-6-3-12(7-15(16)30)17-28-29-18(33-17)19(22,23)20(24,25)26/h1-7,14H,8-10,27H2/t14-/m1/s1. The Bertz CT molecular complexity index is 1310. The van der Waals surface area contributed by atoms with Gasteiger partial charge in [-0.25, -0.2) is 8.42 Å². The number of fused-ring (bicyclic) bond motifs is 1. The van der Waals surface area contributed by atoms with Gasteiger partial charge in [-0.05, 0) is 35.9 Å². The molecule has 182 valence electrons. The second-order valence-electron chi connectivity index (χ2n) is 7.72. The maximum Gasteiger partial charge on any atom is 0.463 e. The molecule has 0 unspecified atom stereocenters. The summed E-state index contributed by atoms with van der Waals surface area (Å²) in [5.74, 6) is -8.23. The third-order valence-corrected chi connectivity index (χ3v) is 7.24. The highest BCUT2D eigenvalue weighted by atomic mass is 35.5. The Labute approximate surface area is 195 Å². The van der Waals surface area contributed by atoms with Crippen LogP contribution in [0.3, 0.4) is 0 Å². The van der Waals surface area contributed by atoms with E-state index in [1.165, 1.54) is 18.2 Å². The lowest BCUT2D eigenvalue weighted by molar-refractivity contribution is -0.297. The van der Waals surface area contributed by atoms with Crippen LogP contribution in [-0.2, 0) is 22.3 Å². The van der Waals surface area contributed by atoms with Crippen LogP contribution in [-0.4, -0.2) is 43.1 Å². The molecule has 0 aliphatic carbocycles. The largest absolute Gasteiger partial charge is 0.463 e. The first kappa shape index (κ1) is 24.4. The van der Waals surface area contributed by atoms with Crippen molar-refractivity contribution in [2.45, 2.75) is 29.6 Å². The summed E-state index contributed by atoms with van der Waals surface area (Å²) in [5.41, 5.74) is 6.93. The fourth-order valence-electron chi connectivity index (χ4n) is 3.51. The van der Waals surface area contributed by atoms with E-state index >= 15 is 0 Å². The summed E-state index contributed by atoms with van der Waals surface area (Å²) in [6.45, 7) is 0.345. The summed E-state index contributed by atoms with van der Waals surface area (Å²) in [6.07, 6.45) is -5.93. The quantitative estimate of drug-likeness (QED) is 0.513. The number of aromatic nitrogens is 2. The van der Waals surface area contributed by atoms with Crippen LogP contribution in [0.2, 0.25) is 5.02 Å². The van der Waals surface area contributed by atoms with Crippen LogP contribution < -0.4 is 10.6 Å². The van der Waals surface area contributed by atoms with Crippen LogP contribution in [0.5, 0.6) is 0 Å². The molecule has 34 heavy (non-hydrogen) atoms. The molecule has 1 aromatic heterocycles. The van der Waals surface area contributed by atoms with Gasteiger partial charge in [-0.2, -0.15) is 22.0 Å². The summed E-state index contributed by atoms with van der Waals surface area (Å²) >= 11 is 5.91. The Morgan fingerprint density at radius 1 is 1.09 bits per heavy atom. The molecule has 1 atom stereocenters. The molecule has 3 aromatic rings. The first-order valence-electron chi connectivity index (χ1n) is 9.68. The van der Waals surface area contributed by atoms with Crippen molar-refractivity contribution < 1.29 is 34.8 Å². The van der Waals surface area contributed by atoms with Crippen molar-refractivity contribution in [1.29, 1.82) is 0 Å². The molecule has 1 aliphatic heterocycles. The van der Waals surface area contributed by atoms with Crippen LogP contribution in [0, 0.1) is 0 Å². The van der Waals surface area contributed by atoms with Crippen LogP contribution >= 0.6 is 11.6 Å². The number of hydrogen-bond acceptors (Lipinski definition) is 7. The van der Waals surface area contributed by atoms with Crippen LogP contribution in [0.15, 0.2) is 51.8 Å². The van der Waals surface area contributed by atoms with E-state index in [1.807, 2.05) is 0 Å². The minimum Gasteiger partial charge on any atom is -0.415 e. The van der Waals surface area contributed by atoms with Crippen molar-refractivity contribution in [2.24, 2.45) is 5.73 Å². The lowest BCUT2D eigenvalue weighted by Gasteiger charge is -2.26. The lowest BCUT2D eigenvalue weighted by Crippen LogP contribution is -2.39. The van der Waals surface area contributed by atoms with Gasteiger partial charge in [-0.1, -0.05) is 23.7 Å². The third-order valence-electron chi connectivity index (χ3n) is 5.11. The van der Waals surface area contributed by atoms with Gasteiger partial charge < -0.3 is 15.1 Å². The highest BCUT2D eigenvalue weighted by molar-refractivity contribution is 7.91. The predicted octanol–water partition coefficient (Wildman–Crippen LogP) is 4.17. The summed E-state index contributed by atoms with van der Waals surface area (Å²) in [5, 5.41) is 6.65. The van der Waals surface area contributed by atoms with E-state index < -0.39 is 39.8 Å². The Kier molecular flexibility index (Phi) is 6.07. The SMILES string of the molecule is N[C@@H]1CN(Cc2ccc(Cl)cc2)c2cc(-c3nnc(C(F)(F)C(F)(F)F)o3)ccc2S(=O)(=O)C1. The maximum absolute atomic E-state index is 13.6. The highest BCUT2D eigenvalue weighted by Gasteiger charge is 2.63. The van der Waals surface area contributed by atoms with Crippen molar-refractivity contribution in [3.8, 4) is 11.5 Å². The number of alkyl halides is 5. The lowest BCUT2D eigenvalue weighted by atomic mass is 10.1. The maximum atomic E-state index is 13.6. The fourth-order valence-corrected chi connectivity index (χ4v) is 5.27. The summed E-state index contributed by atoms with van der Waals surface area (Å²) in [4.78, 5) is 1.59. The molecule has 2 N–H and O–H groups in total. The van der Waals surface area contributed by atoms with Gasteiger partial charge in [0, 0.05) is 29.7 Å². The Balaban J connectivity index is 1.78. The summed E-state index contributed by atoms with van der Waals surface area (Å²) in [7, 11) is -3.82. The van der Waals surface area contributed by atoms with Crippen LogP contribution in [0.1, 0.15) is 11.5 Å². The van der Waals surface area contributed by atoms with E-state index in [1.54, 1.807) is 29.2 Å². The molecule has 0 radical (unpaired) electrons. The summed E-state index contributed by atoms with van der Waals surface area (Å²) < 4.78 is 95.3. The van der Waals surface area contributed by atoms with Crippen molar-refractivity contribution in [3.05, 3.63) is 58.9 Å². The number of benzene rings is 2. The summed E-state index contributed by atoms with van der Waals surface area (Å²) in [6, 6.07) is 9.72. The van der Waals surface area contributed by atoms with Gasteiger partial charge in [0.1, 0.15) is 0 Å². The first-order valence-corrected chi connectivity index (χ1v) is 11.7. The monoisotopic (exact) mass is 522 g/mol. The minimum atomic E-state index is -5.93. The second-order valence-corrected chi connectivity index (χ2v) is 10.2. The van der Waals surface area contributed by atoms with E-state index in [2.05, 4.69) is 14.6 Å². The molecular formula is C20H16ClF5N4O3S. The van der Waals surface area contributed by atoms with Crippen molar-refractivity contribution in [3.63, 3.8) is 0 Å². The minimum absolute atomic E-state index is 0.0396. The highest BCUT2D eigenvalue weighted by Crippen LogP contribution is 2.44. The molecule has 0 amide bonds. The Morgan fingerprint density at radius 2 is 1.76 bits per heavy atom. The molecule has 0 saturated heterocycles. The van der Waals surface area contributed by atoms with Crippen LogP contribution in [0.4, 0.5) is 27.6 Å². The zero-order valence-corrected chi connectivity index (χ0v) is 18.6. The van der Waals surface area contributed by atoms with E-state index in [4.69, 9.17) is 17.3 Å². The van der Waals surface area contributed by atoms with Crippen molar-refractivity contribution >= 4 is 27.1 Å². The number of nitrogens with zero attached hydrogens (tertiary/aromatic N) is 3. The molecule has 2 heterocycles. The number of sulfone groups is 1. The van der Waals surface area contributed by atoms with E-state index in [9.17, 15) is 30.4 Å². The van der Waals surface area contributed by atoms with Gasteiger partial charge in [0.25, 0.3) is 5.89 Å². The number of halogens is 6. The fraction of sp³-hybridized carbons (Fsp3) is 0.300. The zero-order valence-electron chi connectivity index (χ0n) is 17.1. The normalized spacial score (nSPS) is 18.4. The number of hydrogen-bond donors (Lipinski definition) is 1. The van der Waals surface area contributed by atoms with Crippen molar-refractivity contribution in [2.75, 3.05) is 17.2 Å². The molecule has 1 aliphatic rings. The number of rotatable bonds is 4. The van der Waals surface area contributed by atoms with Gasteiger partial charge in [0.2, 0.25) is 5.89 Å². The van der Waals surface area contributed by atoms with E-state index in [0.29, 0.717) is 5.02 Å². The molecule has 2 aromatic carbocycles. The van der Waals surface area contributed by atoms with Gasteiger partial charge in [0.05, 0.1) is 16.3 Å². The molecule has 0 saturated carbocycles. The van der Waals surface area contributed by atoms with E-state index in [0.717, 1.165) is 5.56 Å². The van der Waals surface area contributed by atoms with Gasteiger partial charge in [-0.3, -0.25) is 0 Å². The van der Waals surface area contributed by atoms with Gasteiger partial charge in [-0.15, -0.1) is 10.2 Å². The molecular weight excluding hydrogens is 507 g/mol.